The maximum atomic E-state index is 12.2. The molecule has 0 aliphatic carbocycles. The lowest BCUT2D eigenvalue weighted by molar-refractivity contribution is -0.137. The molecule has 1 atom stereocenters. The zero-order chi connectivity index (χ0) is 11.3. The molecule has 1 aliphatic rings. The van der Waals surface area contributed by atoms with Crippen LogP contribution in [0.15, 0.2) is 0 Å². The van der Waals surface area contributed by atoms with Crippen molar-refractivity contribution >= 4 is 5.91 Å². The van der Waals surface area contributed by atoms with Gasteiger partial charge in [0.25, 0.3) is 0 Å². The van der Waals surface area contributed by atoms with E-state index in [4.69, 9.17) is 0 Å². The normalized spacial score (nSPS) is 26.3. The Labute approximate surface area is 92.4 Å². The Morgan fingerprint density at radius 3 is 2.80 bits per heavy atom. The summed E-state index contributed by atoms with van der Waals surface area (Å²) in [7, 11) is 3.78. The first-order chi connectivity index (χ1) is 7.10. The van der Waals surface area contributed by atoms with Gasteiger partial charge in [-0.05, 0) is 39.8 Å². The number of hydrogen-bond donors (Lipinski definition) is 2. The fraction of sp³-hybridized carbons (Fsp3) is 0.909. The van der Waals surface area contributed by atoms with Crippen molar-refractivity contribution in [3.8, 4) is 0 Å². The van der Waals surface area contributed by atoms with Crippen LogP contribution in [0.1, 0.15) is 26.2 Å². The standard InChI is InChI=1S/C11H23N3O/c1-11(6-4-5-7-13-11)10(15)14(3)9-8-12-2/h12-13H,4-9H2,1-3H3. The van der Waals surface area contributed by atoms with Crippen LogP contribution in [0.2, 0.25) is 0 Å². The number of rotatable bonds is 4. The van der Waals surface area contributed by atoms with Gasteiger partial charge in [0, 0.05) is 20.1 Å². The third kappa shape index (κ3) is 3.18. The lowest BCUT2D eigenvalue weighted by Crippen LogP contribution is -2.57. The summed E-state index contributed by atoms with van der Waals surface area (Å²) in [4.78, 5) is 14.0. The Balaban J connectivity index is 2.49. The molecule has 0 aromatic rings. The molecule has 1 saturated heterocycles. The van der Waals surface area contributed by atoms with Crippen LogP contribution in [0.3, 0.4) is 0 Å². The zero-order valence-corrected chi connectivity index (χ0v) is 10.1. The van der Waals surface area contributed by atoms with Gasteiger partial charge in [-0.2, -0.15) is 0 Å². The molecule has 1 heterocycles. The quantitative estimate of drug-likeness (QED) is 0.701. The van der Waals surface area contributed by atoms with E-state index in [0.29, 0.717) is 0 Å². The maximum absolute atomic E-state index is 12.2. The van der Waals surface area contributed by atoms with Gasteiger partial charge in [-0.1, -0.05) is 0 Å². The van der Waals surface area contributed by atoms with Crippen molar-refractivity contribution in [1.29, 1.82) is 0 Å². The third-order valence-electron chi connectivity index (χ3n) is 3.13. The minimum absolute atomic E-state index is 0.220. The Morgan fingerprint density at radius 2 is 2.27 bits per heavy atom. The number of likely N-dealkylation sites (N-methyl/N-ethyl adjacent to an activating group) is 2. The second kappa shape index (κ2) is 5.47. The van der Waals surface area contributed by atoms with Gasteiger partial charge in [-0.25, -0.2) is 0 Å². The summed E-state index contributed by atoms with van der Waals surface area (Å²) >= 11 is 0. The zero-order valence-electron chi connectivity index (χ0n) is 10.1. The number of nitrogens with zero attached hydrogens (tertiary/aromatic N) is 1. The van der Waals surface area contributed by atoms with Gasteiger partial charge >= 0.3 is 0 Å². The first-order valence-electron chi connectivity index (χ1n) is 5.75. The van der Waals surface area contributed by atoms with E-state index in [1.54, 1.807) is 0 Å². The second-order valence-corrected chi connectivity index (χ2v) is 4.55. The SMILES string of the molecule is CNCCN(C)C(=O)C1(C)CCCCN1. The summed E-state index contributed by atoms with van der Waals surface area (Å²) in [6.07, 6.45) is 3.29. The van der Waals surface area contributed by atoms with E-state index < -0.39 is 0 Å². The van der Waals surface area contributed by atoms with Crippen molar-refractivity contribution in [2.24, 2.45) is 0 Å². The van der Waals surface area contributed by atoms with Crippen LogP contribution in [-0.2, 0) is 4.79 Å². The number of piperidine rings is 1. The van der Waals surface area contributed by atoms with E-state index in [0.717, 1.165) is 32.5 Å². The van der Waals surface area contributed by atoms with Gasteiger partial charge < -0.3 is 15.5 Å². The third-order valence-corrected chi connectivity index (χ3v) is 3.13. The lowest BCUT2D eigenvalue weighted by atomic mass is 9.89. The number of carbonyl (C=O) groups is 1. The van der Waals surface area contributed by atoms with Gasteiger partial charge in [0.2, 0.25) is 5.91 Å². The molecule has 0 radical (unpaired) electrons. The summed E-state index contributed by atoms with van der Waals surface area (Å²) < 4.78 is 0. The van der Waals surface area contributed by atoms with Crippen molar-refractivity contribution < 1.29 is 4.79 Å². The molecule has 0 spiro atoms. The maximum Gasteiger partial charge on any atom is 0.242 e. The van der Waals surface area contributed by atoms with Gasteiger partial charge in [0.15, 0.2) is 0 Å². The Morgan fingerprint density at radius 1 is 1.53 bits per heavy atom. The first-order valence-corrected chi connectivity index (χ1v) is 5.75. The summed E-state index contributed by atoms with van der Waals surface area (Å²) in [6.45, 7) is 4.59. The summed E-state index contributed by atoms with van der Waals surface area (Å²) in [5, 5.41) is 6.40. The van der Waals surface area contributed by atoms with Gasteiger partial charge in [0.05, 0.1) is 5.54 Å². The van der Waals surface area contributed by atoms with Crippen molar-refractivity contribution in [3.05, 3.63) is 0 Å². The van der Waals surface area contributed by atoms with E-state index >= 15 is 0 Å². The van der Waals surface area contributed by atoms with Crippen molar-refractivity contribution in [3.63, 3.8) is 0 Å². The number of hydrogen-bond acceptors (Lipinski definition) is 3. The van der Waals surface area contributed by atoms with E-state index in [-0.39, 0.29) is 11.4 Å². The number of carbonyl (C=O) groups excluding carboxylic acids is 1. The summed E-state index contributed by atoms with van der Waals surface area (Å²) in [6, 6.07) is 0. The minimum Gasteiger partial charge on any atom is -0.343 e. The van der Waals surface area contributed by atoms with Gasteiger partial charge in [0.1, 0.15) is 0 Å². The van der Waals surface area contributed by atoms with E-state index in [9.17, 15) is 4.79 Å². The molecule has 0 aromatic heterocycles. The average Bonchev–Trinajstić information content (AvgIpc) is 2.26. The van der Waals surface area contributed by atoms with Gasteiger partial charge in [-0.3, -0.25) is 4.79 Å². The molecule has 2 N–H and O–H groups in total. The molecular weight excluding hydrogens is 190 g/mol. The predicted octanol–water partition coefficient (Wildman–Crippen LogP) is 0.196. The van der Waals surface area contributed by atoms with Crippen LogP contribution in [0.4, 0.5) is 0 Å². The highest BCUT2D eigenvalue weighted by atomic mass is 16.2. The van der Waals surface area contributed by atoms with E-state index in [1.807, 2.05) is 25.9 Å². The van der Waals surface area contributed by atoms with Crippen LogP contribution >= 0.6 is 0 Å². The molecule has 1 rings (SSSR count). The molecule has 4 nitrogen and oxygen atoms in total. The Hall–Kier alpha value is -0.610. The average molecular weight is 213 g/mol. The highest BCUT2D eigenvalue weighted by Gasteiger charge is 2.35. The van der Waals surface area contributed by atoms with Crippen LogP contribution in [0.25, 0.3) is 0 Å². The Kier molecular flexibility index (Phi) is 4.54. The van der Waals surface area contributed by atoms with Crippen molar-refractivity contribution in [1.82, 2.24) is 15.5 Å². The summed E-state index contributed by atoms with van der Waals surface area (Å²) in [5.74, 6) is 0.220. The molecular formula is C11H23N3O. The largest absolute Gasteiger partial charge is 0.343 e. The monoisotopic (exact) mass is 213 g/mol. The second-order valence-electron chi connectivity index (χ2n) is 4.55. The van der Waals surface area contributed by atoms with E-state index in [2.05, 4.69) is 10.6 Å². The van der Waals surface area contributed by atoms with Crippen molar-refractivity contribution in [2.75, 3.05) is 33.7 Å². The molecule has 0 bridgehead atoms. The lowest BCUT2D eigenvalue weighted by Gasteiger charge is -2.36. The number of amides is 1. The molecule has 1 amide bonds. The van der Waals surface area contributed by atoms with Crippen LogP contribution in [0.5, 0.6) is 0 Å². The van der Waals surface area contributed by atoms with E-state index in [1.165, 1.54) is 6.42 Å². The fourth-order valence-corrected chi connectivity index (χ4v) is 2.04. The van der Waals surface area contributed by atoms with Crippen LogP contribution in [-0.4, -0.2) is 50.1 Å². The highest BCUT2D eigenvalue weighted by Crippen LogP contribution is 2.20. The molecule has 1 unspecified atom stereocenters. The molecule has 88 valence electrons. The van der Waals surface area contributed by atoms with Crippen molar-refractivity contribution in [2.45, 2.75) is 31.7 Å². The first kappa shape index (κ1) is 12.5. The molecule has 4 heteroatoms. The molecule has 0 saturated carbocycles. The molecule has 1 fully saturated rings. The number of nitrogens with one attached hydrogen (secondary N) is 2. The topological polar surface area (TPSA) is 44.4 Å². The van der Waals surface area contributed by atoms with Gasteiger partial charge in [-0.15, -0.1) is 0 Å². The summed E-state index contributed by atoms with van der Waals surface area (Å²) in [5.41, 5.74) is -0.333. The molecule has 15 heavy (non-hydrogen) atoms. The smallest absolute Gasteiger partial charge is 0.242 e. The van der Waals surface area contributed by atoms with Crippen LogP contribution in [0, 0.1) is 0 Å². The minimum atomic E-state index is -0.333. The fourth-order valence-electron chi connectivity index (χ4n) is 2.04. The predicted molar refractivity (Wildman–Crippen MR) is 61.8 cm³/mol. The highest BCUT2D eigenvalue weighted by molar-refractivity contribution is 5.85. The molecule has 0 aromatic carbocycles. The molecule has 1 aliphatic heterocycles. The van der Waals surface area contributed by atoms with Crippen LogP contribution < -0.4 is 10.6 Å². The Bertz CT molecular complexity index is 212.